The van der Waals surface area contributed by atoms with Gasteiger partial charge in [-0.05, 0) is 24.6 Å². The minimum absolute atomic E-state index is 0.134. The lowest BCUT2D eigenvalue weighted by molar-refractivity contribution is -0.0533. The lowest BCUT2D eigenvalue weighted by atomic mass is 9.93. The van der Waals surface area contributed by atoms with Crippen LogP contribution in [0.4, 0.5) is 8.78 Å². The normalized spacial score (nSPS) is 30.5. The molecule has 0 bridgehead atoms. The lowest BCUT2D eigenvalue weighted by Crippen LogP contribution is -2.47. The molecule has 0 radical (unpaired) electrons. The maximum Gasteiger partial charge on any atom is 0.147 e. The van der Waals surface area contributed by atoms with E-state index in [1.165, 1.54) is 11.6 Å². The van der Waals surface area contributed by atoms with E-state index in [-0.39, 0.29) is 17.0 Å². The highest BCUT2D eigenvalue weighted by atomic mass is 32.2. The quantitative estimate of drug-likeness (QED) is 0.802. The van der Waals surface area contributed by atoms with Crippen LogP contribution in [0.2, 0.25) is 0 Å². The van der Waals surface area contributed by atoms with E-state index < -0.39 is 23.8 Å². The summed E-state index contributed by atoms with van der Waals surface area (Å²) in [5.41, 5.74) is 8.97. The standard InChI is InChI=1S/C18H20F2N4O2S/c19-11-1-2-14(20)13(3-11)18-15(21)4-12(8-26-18)23-5-10-6-24(22-16(10)7-23)27-17-9-25-17/h1-3,6,12,15,17-18H,4-5,7-9,21H2/t12?,15?,17?,18-/m1/s1. The van der Waals surface area contributed by atoms with E-state index in [1.54, 1.807) is 11.9 Å². The summed E-state index contributed by atoms with van der Waals surface area (Å²) in [6, 6.07) is 3.14. The van der Waals surface area contributed by atoms with Gasteiger partial charge < -0.3 is 15.2 Å². The Bertz CT molecular complexity index is 836. The molecular weight excluding hydrogens is 374 g/mol. The van der Waals surface area contributed by atoms with E-state index in [2.05, 4.69) is 16.2 Å². The van der Waals surface area contributed by atoms with Crippen LogP contribution in [-0.2, 0) is 22.6 Å². The highest BCUT2D eigenvalue weighted by Crippen LogP contribution is 2.35. The van der Waals surface area contributed by atoms with Gasteiger partial charge in [0.1, 0.15) is 23.2 Å². The van der Waals surface area contributed by atoms with Gasteiger partial charge in [0.15, 0.2) is 0 Å². The van der Waals surface area contributed by atoms with Crippen molar-refractivity contribution in [2.45, 2.75) is 43.1 Å². The Balaban J connectivity index is 1.23. The van der Waals surface area contributed by atoms with Crippen molar-refractivity contribution in [2.75, 3.05) is 13.2 Å². The Hall–Kier alpha value is -1.52. The minimum Gasteiger partial charge on any atom is -0.370 e. The molecule has 3 aliphatic heterocycles. The number of benzene rings is 1. The van der Waals surface area contributed by atoms with E-state index in [1.807, 2.05) is 4.09 Å². The molecule has 0 spiro atoms. The number of nitrogens with zero attached hydrogens (tertiary/aromatic N) is 3. The molecule has 4 heterocycles. The van der Waals surface area contributed by atoms with Crippen LogP contribution in [0, 0.1) is 11.6 Å². The first kappa shape index (κ1) is 17.6. The number of fused-ring (bicyclic) bond motifs is 1. The summed E-state index contributed by atoms with van der Waals surface area (Å²) in [5, 5.41) is 4.61. The van der Waals surface area contributed by atoms with Crippen molar-refractivity contribution in [3.8, 4) is 0 Å². The number of aromatic nitrogens is 2. The van der Waals surface area contributed by atoms with E-state index in [0.29, 0.717) is 13.0 Å². The number of halogens is 2. The van der Waals surface area contributed by atoms with Gasteiger partial charge in [-0.2, -0.15) is 5.10 Å². The maximum atomic E-state index is 14.1. The Morgan fingerprint density at radius 3 is 2.78 bits per heavy atom. The zero-order valence-electron chi connectivity index (χ0n) is 14.6. The fourth-order valence-corrected chi connectivity index (χ4v) is 4.61. The summed E-state index contributed by atoms with van der Waals surface area (Å²) >= 11 is 1.59. The number of hydrogen-bond donors (Lipinski definition) is 1. The molecule has 0 saturated carbocycles. The Morgan fingerprint density at radius 2 is 2.04 bits per heavy atom. The van der Waals surface area contributed by atoms with Gasteiger partial charge in [-0.15, -0.1) is 0 Å². The van der Waals surface area contributed by atoms with Crippen LogP contribution in [0.3, 0.4) is 0 Å². The second kappa shape index (κ2) is 6.82. The van der Waals surface area contributed by atoms with Gasteiger partial charge in [0.25, 0.3) is 0 Å². The predicted molar refractivity (Wildman–Crippen MR) is 95.6 cm³/mol. The number of epoxide rings is 1. The van der Waals surface area contributed by atoms with Gasteiger partial charge in [-0.25, -0.2) is 12.9 Å². The van der Waals surface area contributed by atoms with Crippen molar-refractivity contribution in [1.29, 1.82) is 0 Å². The fourth-order valence-electron chi connectivity index (χ4n) is 3.84. The molecule has 5 rings (SSSR count). The molecule has 6 nitrogen and oxygen atoms in total. The Kier molecular flexibility index (Phi) is 4.44. The molecule has 2 saturated heterocycles. The molecular formula is C18H20F2N4O2S. The summed E-state index contributed by atoms with van der Waals surface area (Å²) in [7, 11) is 0. The smallest absolute Gasteiger partial charge is 0.147 e. The van der Waals surface area contributed by atoms with E-state index in [0.717, 1.165) is 37.5 Å². The van der Waals surface area contributed by atoms with Gasteiger partial charge in [-0.1, -0.05) is 0 Å². The largest absolute Gasteiger partial charge is 0.370 e. The molecule has 4 atom stereocenters. The first-order valence-electron chi connectivity index (χ1n) is 8.99. The van der Waals surface area contributed by atoms with Crippen molar-refractivity contribution >= 4 is 11.9 Å². The summed E-state index contributed by atoms with van der Waals surface area (Å²) < 4.78 is 40.5. The van der Waals surface area contributed by atoms with Crippen LogP contribution < -0.4 is 5.73 Å². The van der Waals surface area contributed by atoms with Crippen molar-refractivity contribution in [3.63, 3.8) is 0 Å². The van der Waals surface area contributed by atoms with Crippen LogP contribution >= 0.6 is 11.9 Å². The molecule has 3 unspecified atom stereocenters. The number of nitrogens with two attached hydrogens (primary N) is 1. The van der Waals surface area contributed by atoms with Gasteiger partial charge in [-0.3, -0.25) is 4.90 Å². The van der Waals surface area contributed by atoms with Gasteiger partial charge >= 0.3 is 0 Å². The highest BCUT2D eigenvalue weighted by molar-refractivity contribution is 7.98. The third-order valence-corrected chi connectivity index (χ3v) is 6.20. The third-order valence-electron chi connectivity index (χ3n) is 5.29. The van der Waals surface area contributed by atoms with Gasteiger partial charge in [0.2, 0.25) is 0 Å². The first-order chi connectivity index (χ1) is 13.1. The summed E-state index contributed by atoms with van der Waals surface area (Å²) in [6.07, 6.45) is 2.09. The molecule has 3 aliphatic rings. The second-order valence-corrected chi connectivity index (χ2v) is 8.36. The zero-order valence-corrected chi connectivity index (χ0v) is 15.4. The molecule has 27 heavy (non-hydrogen) atoms. The number of rotatable bonds is 4. The minimum atomic E-state index is -0.624. The van der Waals surface area contributed by atoms with Gasteiger partial charge in [0.05, 0.1) is 18.9 Å². The van der Waals surface area contributed by atoms with Crippen molar-refractivity contribution in [1.82, 2.24) is 14.1 Å². The second-order valence-electron chi connectivity index (χ2n) is 7.25. The SMILES string of the molecule is NC1CC(N2Cc3cn(SC4CO4)nc3C2)CO[C@@H]1c1cc(F)ccc1F. The number of hydrogen-bond acceptors (Lipinski definition) is 6. The monoisotopic (exact) mass is 394 g/mol. The van der Waals surface area contributed by atoms with Gasteiger partial charge in [0, 0.05) is 54.4 Å². The predicted octanol–water partition coefficient (Wildman–Crippen LogP) is 2.19. The van der Waals surface area contributed by atoms with Crippen LogP contribution in [0.5, 0.6) is 0 Å². The summed E-state index contributed by atoms with van der Waals surface area (Å²) in [4.78, 5) is 2.29. The molecule has 2 aromatic rings. The van der Waals surface area contributed by atoms with Crippen LogP contribution in [0.25, 0.3) is 0 Å². The average molecular weight is 394 g/mol. The van der Waals surface area contributed by atoms with E-state index in [9.17, 15) is 8.78 Å². The summed E-state index contributed by atoms with van der Waals surface area (Å²) in [5.74, 6) is -0.969. The molecule has 0 aliphatic carbocycles. The van der Waals surface area contributed by atoms with Crippen LogP contribution in [-0.4, -0.2) is 44.8 Å². The van der Waals surface area contributed by atoms with Crippen molar-refractivity contribution < 1.29 is 18.3 Å². The highest BCUT2D eigenvalue weighted by Gasteiger charge is 2.37. The topological polar surface area (TPSA) is 68.8 Å². The fraction of sp³-hybridized carbons (Fsp3) is 0.500. The molecule has 1 aromatic heterocycles. The maximum absolute atomic E-state index is 14.1. The van der Waals surface area contributed by atoms with Crippen LogP contribution in [0.1, 0.15) is 29.3 Å². The number of ether oxygens (including phenoxy) is 2. The Labute approximate surface area is 159 Å². The summed E-state index contributed by atoms with van der Waals surface area (Å²) in [6.45, 7) is 2.75. The molecule has 0 amide bonds. The Morgan fingerprint density at radius 1 is 1.19 bits per heavy atom. The lowest BCUT2D eigenvalue weighted by Gasteiger charge is -2.38. The molecule has 2 N–H and O–H groups in total. The first-order valence-corrected chi connectivity index (χ1v) is 9.83. The van der Waals surface area contributed by atoms with E-state index >= 15 is 0 Å². The molecule has 1 aromatic carbocycles. The molecule has 2 fully saturated rings. The zero-order chi connectivity index (χ0) is 18.5. The average Bonchev–Trinajstić information content (AvgIpc) is 3.24. The van der Waals surface area contributed by atoms with Crippen LogP contribution in [0.15, 0.2) is 24.4 Å². The third kappa shape index (κ3) is 3.50. The van der Waals surface area contributed by atoms with E-state index in [4.69, 9.17) is 15.2 Å². The molecule has 144 valence electrons. The van der Waals surface area contributed by atoms with Crippen molar-refractivity contribution in [3.05, 3.63) is 52.9 Å². The van der Waals surface area contributed by atoms with Crippen molar-refractivity contribution in [2.24, 2.45) is 5.73 Å². The molecule has 9 heteroatoms.